The highest BCUT2D eigenvalue weighted by Gasteiger charge is 2.09. The van der Waals surface area contributed by atoms with E-state index in [-0.39, 0.29) is 0 Å². The van der Waals surface area contributed by atoms with Crippen LogP contribution in [-0.4, -0.2) is 14.4 Å². The second-order valence-corrected chi connectivity index (χ2v) is 5.87. The van der Waals surface area contributed by atoms with Gasteiger partial charge in [0.25, 0.3) is 0 Å². The fourth-order valence-electron chi connectivity index (χ4n) is 1.64. The maximum absolute atomic E-state index is 4.32. The lowest BCUT2D eigenvalue weighted by Crippen LogP contribution is -1.93. The summed E-state index contributed by atoms with van der Waals surface area (Å²) in [7, 11) is 0. The van der Waals surface area contributed by atoms with Crippen LogP contribution < -0.4 is 0 Å². The molecule has 0 unspecified atom stereocenters. The van der Waals surface area contributed by atoms with Crippen LogP contribution in [0.3, 0.4) is 0 Å². The molecule has 0 fully saturated rings. The van der Waals surface area contributed by atoms with Crippen molar-refractivity contribution in [1.82, 2.24) is 14.4 Å². The topological polar surface area (TPSA) is 30.2 Å². The van der Waals surface area contributed by atoms with Crippen LogP contribution >= 0.6 is 47.8 Å². The Morgan fingerprint density at radius 2 is 1.69 bits per heavy atom. The smallest absolute Gasteiger partial charge is 0.176 e. The van der Waals surface area contributed by atoms with Gasteiger partial charge in [-0.15, -0.1) is 0 Å². The van der Waals surface area contributed by atoms with Crippen molar-refractivity contribution in [3.63, 3.8) is 0 Å². The van der Waals surface area contributed by atoms with Crippen LogP contribution in [0.1, 0.15) is 0 Å². The van der Waals surface area contributed by atoms with E-state index in [0.717, 1.165) is 30.2 Å². The van der Waals surface area contributed by atoms with Gasteiger partial charge in [-0.25, -0.2) is 9.97 Å². The van der Waals surface area contributed by atoms with Crippen molar-refractivity contribution in [3.05, 3.63) is 38.1 Å². The van der Waals surface area contributed by atoms with Crippen molar-refractivity contribution >= 4 is 64.5 Å². The third-order valence-corrected chi connectivity index (χ3v) is 3.96. The number of rotatable bonds is 0. The Hall–Kier alpha value is -0.460. The summed E-state index contributed by atoms with van der Waals surface area (Å²) in [6, 6.07) is 4.00. The lowest BCUT2D eigenvalue weighted by Gasteiger charge is -2.03. The third-order valence-electron chi connectivity index (χ3n) is 2.31. The highest BCUT2D eigenvalue weighted by Crippen LogP contribution is 2.29. The summed E-state index contributed by atoms with van der Waals surface area (Å²) >= 11 is 10.4. The standard InChI is InChI=1S/C10H4Br3N3/c11-5-1-7-10(14-3-5)15-4-8-6(12)2-9(13)16(7)8/h1-4H. The summed E-state index contributed by atoms with van der Waals surface area (Å²) in [6.07, 6.45) is 3.55. The molecule has 0 aromatic carbocycles. The van der Waals surface area contributed by atoms with Crippen LogP contribution in [0.4, 0.5) is 0 Å². The average Bonchev–Trinajstić information content (AvgIpc) is 2.54. The number of aromatic nitrogens is 3. The van der Waals surface area contributed by atoms with E-state index in [1.807, 2.05) is 12.1 Å². The van der Waals surface area contributed by atoms with Gasteiger partial charge < -0.3 is 0 Å². The minimum atomic E-state index is 0.722. The number of pyridine rings is 1. The van der Waals surface area contributed by atoms with E-state index in [1.165, 1.54) is 0 Å². The highest BCUT2D eigenvalue weighted by molar-refractivity contribution is 9.11. The van der Waals surface area contributed by atoms with Gasteiger partial charge >= 0.3 is 0 Å². The van der Waals surface area contributed by atoms with Crippen molar-refractivity contribution in [2.24, 2.45) is 0 Å². The van der Waals surface area contributed by atoms with Gasteiger partial charge in [0, 0.05) is 15.1 Å². The van der Waals surface area contributed by atoms with E-state index in [4.69, 9.17) is 0 Å². The zero-order chi connectivity index (χ0) is 11.3. The van der Waals surface area contributed by atoms with Crippen molar-refractivity contribution in [3.8, 4) is 0 Å². The quantitative estimate of drug-likeness (QED) is 0.562. The lowest BCUT2D eigenvalue weighted by molar-refractivity contribution is 1.16. The minimum absolute atomic E-state index is 0.722. The van der Waals surface area contributed by atoms with E-state index in [9.17, 15) is 0 Å². The van der Waals surface area contributed by atoms with E-state index in [2.05, 4.69) is 62.2 Å². The first-order valence-electron chi connectivity index (χ1n) is 4.43. The number of hydrogen-bond donors (Lipinski definition) is 0. The monoisotopic (exact) mass is 403 g/mol. The Bertz CT molecular complexity index is 705. The molecule has 0 N–H and O–H groups in total. The predicted octanol–water partition coefficient (Wildman–Crippen LogP) is 4.17. The summed E-state index contributed by atoms with van der Waals surface area (Å²) in [4.78, 5) is 8.59. The van der Waals surface area contributed by atoms with Gasteiger partial charge in [0.05, 0.1) is 21.8 Å². The van der Waals surface area contributed by atoms with Gasteiger partial charge in [-0.1, -0.05) is 0 Å². The maximum Gasteiger partial charge on any atom is 0.176 e. The fraction of sp³-hybridized carbons (Fsp3) is 0. The van der Waals surface area contributed by atoms with Gasteiger partial charge in [-0.2, -0.15) is 0 Å². The molecule has 16 heavy (non-hydrogen) atoms. The Morgan fingerprint density at radius 3 is 2.50 bits per heavy atom. The van der Waals surface area contributed by atoms with Crippen LogP contribution in [0, 0.1) is 0 Å². The van der Waals surface area contributed by atoms with Crippen LogP contribution in [-0.2, 0) is 0 Å². The van der Waals surface area contributed by atoms with Gasteiger partial charge in [-0.05, 0) is 59.9 Å². The molecule has 0 saturated heterocycles. The number of hydrogen-bond acceptors (Lipinski definition) is 2. The van der Waals surface area contributed by atoms with Gasteiger partial charge in [0.2, 0.25) is 0 Å². The molecule has 3 aromatic heterocycles. The first kappa shape index (κ1) is 10.7. The maximum atomic E-state index is 4.32. The van der Waals surface area contributed by atoms with Crippen molar-refractivity contribution in [1.29, 1.82) is 0 Å². The largest absolute Gasteiger partial charge is 0.298 e. The van der Waals surface area contributed by atoms with Crippen LogP contribution in [0.15, 0.2) is 38.1 Å². The second kappa shape index (κ2) is 3.78. The van der Waals surface area contributed by atoms with Gasteiger partial charge in [0.15, 0.2) is 5.65 Å². The van der Waals surface area contributed by atoms with Crippen LogP contribution in [0.5, 0.6) is 0 Å². The normalized spacial score (nSPS) is 11.4. The van der Waals surface area contributed by atoms with E-state index in [0.29, 0.717) is 0 Å². The van der Waals surface area contributed by atoms with Crippen molar-refractivity contribution < 1.29 is 0 Å². The molecule has 0 atom stereocenters. The molecule has 0 saturated carbocycles. The predicted molar refractivity (Wildman–Crippen MR) is 73.6 cm³/mol. The summed E-state index contributed by atoms with van der Waals surface area (Å²) in [5, 5.41) is 0. The van der Waals surface area contributed by atoms with E-state index < -0.39 is 0 Å². The molecule has 3 heterocycles. The highest BCUT2D eigenvalue weighted by atomic mass is 79.9. The number of fused-ring (bicyclic) bond motifs is 3. The fourth-order valence-corrected chi connectivity index (χ4v) is 3.37. The minimum Gasteiger partial charge on any atom is -0.298 e. The molecule has 80 valence electrons. The number of halogens is 3. The molecule has 3 nitrogen and oxygen atoms in total. The van der Waals surface area contributed by atoms with Gasteiger partial charge in [0.1, 0.15) is 0 Å². The molecule has 0 aliphatic carbocycles. The first-order valence-corrected chi connectivity index (χ1v) is 6.81. The van der Waals surface area contributed by atoms with Gasteiger partial charge in [-0.3, -0.25) is 4.40 Å². The summed E-state index contributed by atoms with van der Waals surface area (Å²) in [6.45, 7) is 0. The van der Waals surface area contributed by atoms with Crippen molar-refractivity contribution in [2.75, 3.05) is 0 Å². The summed E-state index contributed by atoms with van der Waals surface area (Å²) in [5.74, 6) is 0. The molecule has 0 aliphatic rings. The third kappa shape index (κ3) is 1.51. The molecule has 0 spiro atoms. The molecule has 0 amide bonds. The van der Waals surface area contributed by atoms with E-state index in [1.54, 1.807) is 12.4 Å². The first-order chi connectivity index (χ1) is 7.66. The molecule has 0 radical (unpaired) electrons. The second-order valence-electron chi connectivity index (χ2n) is 3.29. The zero-order valence-corrected chi connectivity index (χ0v) is 12.5. The average molecular weight is 406 g/mol. The SMILES string of the molecule is Brc1cnc2ncc3c(Br)cc(Br)n3c2c1. The Morgan fingerprint density at radius 1 is 0.938 bits per heavy atom. The molecular formula is C10H4Br3N3. The van der Waals surface area contributed by atoms with Crippen molar-refractivity contribution in [2.45, 2.75) is 0 Å². The Labute approximate surface area is 116 Å². The molecule has 0 bridgehead atoms. The Balaban J connectivity index is 2.61. The van der Waals surface area contributed by atoms with E-state index >= 15 is 0 Å². The summed E-state index contributed by atoms with van der Waals surface area (Å²) < 4.78 is 4.98. The number of nitrogens with zero attached hydrogens (tertiary/aromatic N) is 3. The van der Waals surface area contributed by atoms with Crippen LogP contribution in [0.25, 0.3) is 16.7 Å². The molecule has 6 heteroatoms. The Kier molecular flexibility index (Phi) is 2.53. The molecule has 3 rings (SSSR count). The zero-order valence-electron chi connectivity index (χ0n) is 7.78. The van der Waals surface area contributed by atoms with Crippen LogP contribution in [0.2, 0.25) is 0 Å². The molecule has 3 aromatic rings. The molecule has 0 aliphatic heterocycles. The lowest BCUT2D eigenvalue weighted by atomic mass is 10.4. The summed E-state index contributed by atoms with van der Waals surface area (Å²) in [5.41, 5.74) is 2.70. The molecular weight excluding hydrogens is 402 g/mol.